The van der Waals surface area contributed by atoms with Crippen molar-refractivity contribution in [3.8, 4) is 0 Å². The lowest BCUT2D eigenvalue weighted by molar-refractivity contribution is 0.102. The van der Waals surface area contributed by atoms with Gasteiger partial charge in [0.05, 0.1) is 0 Å². The van der Waals surface area contributed by atoms with E-state index in [0.29, 0.717) is 17.8 Å². The van der Waals surface area contributed by atoms with Crippen LogP contribution in [0.1, 0.15) is 15.9 Å². The highest BCUT2D eigenvalue weighted by atomic mass is 16.1. The van der Waals surface area contributed by atoms with E-state index in [9.17, 15) is 4.79 Å². The SMILES string of the molecule is NCc1cccc(NC(=O)c2cccc(N)c2)c1. The Morgan fingerprint density at radius 1 is 1.11 bits per heavy atom. The average molecular weight is 241 g/mol. The van der Waals surface area contributed by atoms with Gasteiger partial charge in [-0.3, -0.25) is 4.79 Å². The van der Waals surface area contributed by atoms with Gasteiger partial charge in [-0.1, -0.05) is 18.2 Å². The smallest absolute Gasteiger partial charge is 0.255 e. The van der Waals surface area contributed by atoms with Crippen molar-refractivity contribution in [2.24, 2.45) is 5.73 Å². The summed E-state index contributed by atoms with van der Waals surface area (Å²) in [7, 11) is 0. The zero-order chi connectivity index (χ0) is 13.0. The first-order valence-electron chi connectivity index (χ1n) is 5.65. The number of amides is 1. The largest absolute Gasteiger partial charge is 0.399 e. The Balaban J connectivity index is 2.16. The lowest BCUT2D eigenvalue weighted by atomic mass is 10.1. The molecule has 18 heavy (non-hydrogen) atoms. The second-order valence-corrected chi connectivity index (χ2v) is 3.98. The molecule has 4 nitrogen and oxygen atoms in total. The maximum atomic E-state index is 12.0. The van der Waals surface area contributed by atoms with Gasteiger partial charge in [-0.25, -0.2) is 0 Å². The molecule has 0 spiro atoms. The van der Waals surface area contributed by atoms with Gasteiger partial charge in [-0.2, -0.15) is 0 Å². The fourth-order valence-electron chi connectivity index (χ4n) is 1.66. The molecule has 92 valence electrons. The number of nitrogens with two attached hydrogens (primary N) is 2. The highest BCUT2D eigenvalue weighted by molar-refractivity contribution is 6.04. The Morgan fingerprint density at radius 3 is 2.61 bits per heavy atom. The van der Waals surface area contributed by atoms with Crippen LogP contribution in [-0.4, -0.2) is 5.91 Å². The number of carbonyl (C=O) groups excluding carboxylic acids is 1. The number of carbonyl (C=O) groups is 1. The van der Waals surface area contributed by atoms with Crippen LogP contribution >= 0.6 is 0 Å². The molecule has 0 aliphatic rings. The van der Waals surface area contributed by atoms with Crippen molar-refractivity contribution < 1.29 is 4.79 Å². The van der Waals surface area contributed by atoms with Crippen LogP contribution in [0.25, 0.3) is 0 Å². The quantitative estimate of drug-likeness (QED) is 0.719. The van der Waals surface area contributed by atoms with E-state index in [4.69, 9.17) is 11.5 Å². The maximum absolute atomic E-state index is 12.0. The predicted octanol–water partition coefficient (Wildman–Crippen LogP) is 1.98. The van der Waals surface area contributed by atoms with Gasteiger partial charge in [0.25, 0.3) is 5.91 Å². The summed E-state index contributed by atoms with van der Waals surface area (Å²) in [6.07, 6.45) is 0. The topological polar surface area (TPSA) is 81.1 Å². The van der Waals surface area contributed by atoms with E-state index in [-0.39, 0.29) is 5.91 Å². The Hall–Kier alpha value is -2.33. The van der Waals surface area contributed by atoms with Crippen LogP contribution in [0.15, 0.2) is 48.5 Å². The third-order valence-corrected chi connectivity index (χ3v) is 2.57. The monoisotopic (exact) mass is 241 g/mol. The summed E-state index contributed by atoms with van der Waals surface area (Å²) in [4.78, 5) is 12.0. The molecule has 0 bridgehead atoms. The second-order valence-electron chi connectivity index (χ2n) is 3.98. The van der Waals surface area contributed by atoms with Crippen molar-refractivity contribution in [3.05, 3.63) is 59.7 Å². The van der Waals surface area contributed by atoms with Gasteiger partial charge < -0.3 is 16.8 Å². The molecule has 0 saturated carbocycles. The van der Waals surface area contributed by atoms with Crippen LogP contribution in [-0.2, 0) is 6.54 Å². The molecule has 0 fully saturated rings. The fourth-order valence-corrected chi connectivity index (χ4v) is 1.66. The molecule has 2 aromatic rings. The molecule has 0 atom stereocenters. The summed E-state index contributed by atoms with van der Waals surface area (Å²) in [6.45, 7) is 0.446. The first kappa shape index (κ1) is 12.1. The number of benzene rings is 2. The van der Waals surface area contributed by atoms with Crippen molar-refractivity contribution in [3.63, 3.8) is 0 Å². The van der Waals surface area contributed by atoms with Crippen LogP contribution < -0.4 is 16.8 Å². The van der Waals surface area contributed by atoms with E-state index >= 15 is 0 Å². The lowest BCUT2D eigenvalue weighted by Crippen LogP contribution is -2.12. The minimum Gasteiger partial charge on any atom is -0.399 e. The van der Waals surface area contributed by atoms with Gasteiger partial charge in [-0.15, -0.1) is 0 Å². The summed E-state index contributed by atoms with van der Waals surface area (Å²) in [5.41, 5.74) is 14.0. The number of anilines is 2. The summed E-state index contributed by atoms with van der Waals surface area (Å²) in [6, 6.07) is 14.3. The number of nitrogens with one attached hydrogen (secondary N) is 1. The van der Waals surface area contributed by atoms with E-state index in [0.717, 1.165) is 11.3 Å². The van der Waals surface area contributed by atoms with Gasteiger partial charge in [0.2, 0.25) is 0 Å². The van der Waals surface area contributed by atoms with Crippen molar-refractivity contribution >= 4 is 17.3 Å². The molecule has 0 radical (unpaired) electrons. The summed E-state index contributed by atoms with van der Waals surface area (Å²) in [5, 5.41) is 2.81. The summed E-state index contributed by atoms with van der Waals surface area (Å²) >= 11 is 0. The molecule has 0 aliphatic heterocycles. The van der Waals surface area contributed by atoms with E-state index in [2.05, 4.69) is 5.32 Å². The van der Waals surface area contributed by atoms with Crippen molar-refractivity contribution in [1.29, 1.82) is 0 Å². The predicted molar refractivity (Wildman–Crippen MR) is 73.1 cm³/mol. The zero-order valence-corrected chi connectivity index (χ0v) is 9.89. The van der Waals surface area contributed by atoms with Crippen molar-refractivity contribution in [2.45, 2.75) is 6.54 Å². The molecular formula is C14H15N3O. The van der Waals surface area contributed by atoms with Gasteiger partial charge >= 0.3 is 0 Å². The molecule has 0 heterocycles. The average Bonchev–Trinajstić information content (AvgIpc) is 2.39. The minimum absolute atomic E-state index is 0.184. The maximum Gasteiger partial charge on any atom is 0.255 e. The number of hydrogen-bond acceptors (Lipinski definition) is 3. The third kappa shape index (κ3) is 2.87. The van der Waals surface area contributed by atoms with Crippen LogP contribution in [0.5, 0.6) is 0 Å². The van der Waals surface area contributed by atoms with E-state index in [1.165, 1.54) is 0 Å². The standard InChI is InChI=1S/C14H15N3O/c15-9-10-3-1-6-13(7-10)17-14(18)11-4-2-5-12(16)8-11/h1-8H,9,15-16H2,(H,17,18). The molecule has 0 saturated heterocycles. The van der Waals surface area contributed by atoms with Gasteiger partial charge in [0.15, 0.2) is 0 Å². The van der Waals surface area contributed by atoms with E-state index < -0.39 is 0 Å². The zero-order valence-electron chi connectivity index (χ0n) is 9.89. The van der Waals surface area contributed by atoms with Crippen LogP contribution in [0.4, 0.5) is 11.4 Å². The molecule has 4 heteroatoms. The van der Waals surface area contributed by atoms with Gasteiger partial charge in [0.1, 0.15) is 0 Å². The summed E-state index contributed by atoms with van der Waals surface area (Å²) < 4.78 is 0. The molecule has 2 aromatic carbocycles. The number of rotatable bonds is 3. The van der Waals surface area contributed by atoms with Crippen molar-refractivity contribution in [2.75, 3.05) is 11.1 Å². The molecule has 0 unspecified atom stereocenters. The molecule has 1 amide bonds. The van der Waals surface area contributed by atoms with Crippen LogP contribution in [0.3, 0.4) is 0 Å². The van der Waals surface area contributed by atoms with E-state index in [1.807, 2.05) is 24.3 Å². The van der Waals surface area contributed by atoms with Crippen LogP contribution in [0, 0.1) is 0 Å². The Morgan fingerprint density at radius 2 is 1.89 bits per heavy atom. The Labute approximate surface area is 106 Å². The molecule has 0 aromatic heterocycles. The Bertz CT molecular complexity index is 566. The highest BCUT2D eigenvalue weighted by Gasteiger charge is 2.06. The Kier molecular flexibility index (Phi) is 3.60. The first-order valence-corrected chi connectivity index (χ1v) is 5.65. The lowest BCUT2D eigenvalue weighted by Gasteiger charge is -2.07. The minimum atomic E-state index is -0.184. The molecule has 2 rings (SSSR count). The van der Waals surface area contributed by atoms with Gasteiger partial charge in [0, 0.05) is 23.5 Å². The number of nitrogen functional groups attached to an aromatic ring is 1. The highest BCUT2D eigenvalue weighted by Crippen LogP contribution is 2.13. The second kappa shape index (κ2) is 5.33. The first-order chi connectivity index (χ1) is 8.69. The van der Waals surface area contributed by atoms with Gasteiger partial charge in [-0.05, 0) is 35.9 Å². The molecule has 5 N–H and O–H groups in total. The fraction of sp³-hybridized carbons (Fsp3) is 0.0714. The molecule has 0 aliphatic carbocycles. The number of hydrogen-bond donors (Lipinski definition) is 3. The third-order valence-electron chi connectivity index (χ3n) is 2.57. The normalized spacial score (nSPS) is 10.1. The van der Waals surface area contributed by atoms with Crippen molar-refractivity contribution in [1.82, 2.24) is 0 Å². The summed E-state index contributed by atoms with van der Waals surface area (Å²) in [5.74, 6) is -0.184. The van der Waals surface area contributed by atoms with Crippen LogP contribution in [0.2, 0.25) is 0 Å². The van der Waals surface area contributed by atoms with E-state index in [1.54, 1.807) is 24.3 Å². The molecular weight excluding hydrogens is 226 g/mol.